The third kappa shape index (κ3) is 9.11. The van der Waals surface area contributed by atoms with Gasteiger partial charge in [-0.1, -0.05) is 39.8 Å². The zero-order chi connectivity index (χ0) is 43.1. The fourth-order valence-corrected chi connectivity index (χ4v) is 10.1. The molecule has 18 atom stereocenters. The SMILES string of the molecule is CCC1OC(=O)[C@H](C)C(O[C@H]2C[C@@](C)(OC)[C@@H](O)[C@H](C)O2)[C@H](C)[C@@H](O[C@@H]2O[C@H](C)C[C@H](N(C)C)[C@H]2O)[C@](C)(OC)C[C@@H](C)C(=O)[C@H](C)[C@H]2Nc3ccccc3O[C@]12C. The first-order chi connectivity index (χ1) is 27.1. The van der Waals surface area contributed by atoms with Gasteiger partial charge in [0.15, 0.2) is 18.2 Å². The highest BCUT2D eigenvalue weighted by Gasteiger charge is 2.56. The van der Waals surface area contributed by atoms with Gasteiger partial charge in [-0.05, 0) is 87.0 Å². The van der Waals surface area contributed by atoms with Crippen molar-refractivity contribution in [3.8, 4) is 5.75 Å². The highest BCUT2D eigenvalue weighted by atomic mass is 16.7. The van der Waals surface area contributed by atoms with Crippen molar-refractivity contribution in [2.75, 3.05) is 33.6 Å². The number of hydrogen-bond acceptors (Lipinski definition) is 14. The topological polar surface area (TPSA) is 164 Å². The molecule has 0 bridgehead atoms. The Hall–Kier alpha value is -2.40. The second kappa shape index (κ2) is 18.3. The summed E-state index contributed by atoms with van der Waals surface area (Å²) in [4.78, 5) is 31.5. The predicted octanol–water partition coefficient (Wildman–Crippen LogP) is 4.96. The van der Waals surface area contributed by atoms with Crippen LogP contribution in [0.3, 0.4) is 0 Å². The van der Waals surface area contributed by atoms with Gasteiger partial charge in [-0.2, -0.15) is 0 Å². The summed E-state index contributed by atoms with van der Waals surface area (Å²) in [5, 5.41) is 26.4. The number of aliphatic hydroxyl groups excluding tert-OH is 2. The van der Waals surface area contributed by atoms with Crippen LogP contribution in [-0.4, -0.2) is 139 Å². The summed E-state index contributed by atoms with van der Waals surface area (Å²) in [6.45, 7) is 18.7. The largest absolute Gasteiger partial charge is 0.479 e. The molecule has 2 unspecified atom stereocenters. The van der Waals surface area contributed by atoms with E-state index in [2.05, 4.69) is 5.32 Å². The van der Waals surface area contributed by atoms with Crippen molar-refractivity contribution >= 4 is 17.4 Å². The molecule has 5 rings (SSSR count). The zero-order valence-electron chi connectivity index (χ0n) is 37.2. The molecule has 0 aliphatic carbocycles. The van der Waals surface area contributed by atoms with Crippen molar-refractivity contribution in [2.45, 2.75) is 179 Å². The normalized spacial score (nSPS) is 45.6. The molecule has 14 heteroatoms. The number of esters is 1. The fourth-order valence-electron chi connectivity index (χ4n) is 10.1. The minimum atomic E-state index is -1.18. The van der Waals surface area contributed by atoms with E-state index in [0.717, 1.165) is 5.69 Å². The summed E-state index contributed by atoms with van der Waals surface area (Å²) < 4.78 is 52.0. The van der Waals surface area contributed by atoms with Crippen LogP contribution in [0.1, 0.15) is 94.9 Å². The molecule has 4 heterocycles. The summed E-state index contributed by atoms with van der Waals surface area (Å²) >= 11 is 0. The number of rotatable bonds is 8. The Bertz CT molecular complexity index is 1570. The Morgan fingerprint density at radius 3 is 2.17 bits per heavy atom. The van der Waals surface area contributed by atoms with Crippen LogP contribution in [0.2, 0.25) is 0 Å². The standard InChI is InChI=1S/C44H72N2O12/c1-15-32-44(10)37(45-29-18-16-17-19-31(29)58-44)25(4)34(47)23(2)21-43(9,52-14)39(57-41-35(48)30(46(11)12)20-24(3)53-41)26(5)36(27(6)40(50)55-32)56-33-22-42(8,51-13)38(49)28(7)54-33/h16-19,23-28,30,32-33,35-39,41,45,48-49H,15,20-22H2,1-14H3/t23-,24-,25+,26+,27-,28+,30+,32?,33+,35-,36?,37-,38+,39-,41+,42-,43-,44-/m1/s1. The maximum atomic E-state index is 14.8. The number of carbonyl (C=O) groups excluding carboxylic acids is 2. The molecule has 0 saturated carbocycles. The van der Waals surface area contributed by atoms with E-state index in [-0.39, 0.29) is 30.8 Å². The van der Waals surface area contributed by atoms with Crippen molar-refractivity contribution in [1.82, 2.24) is 4.90 Å². The summed E-state index contributed by atoms with van der Waals surface area (Å²) in [6, 6.07) is 6.72. The van der Waals surface area contributed by atoms with Crippen LogP contribution in [-0.2, 0) is 42.7 Å². The fraction of sp³-hybridized carbons (Fsp3) is 0.818. The van der Waals surface area contributed by atoms with E-state index in [1.165, 1.54) is 7.11 Å². The summed E-state index contributed by atoms with van der Waals surface area (Å²) in [5.74, 6) is -2.67. The molecule has 1 aromatic carbocycles. The summed E-state index contributed by atoms with van der Waals surface area (Å²) in [5.41, 5.74) is -2.59. The van der Waals surface area contributed by atoms with Crippen LogP contribution >= 0.6 is 0 Å². The molecule has 4 aliphatic rings. The number of carbonyl (C=O) groups is 2. The molecular formula is C44H72N2O12. The minimum absolute atomic E-state index is 0.0296. The highest BCUT2D eigenvalue weighted by molar-refractivity contribution is 5.84. The minimum Gasteiger partial charge on any atom is -0.479 e. The van der Waals surface area contributed by atoms with Crippen LogP contribution in [0.15, 0.2) is 24.3 Å². The number of hydrogen-bond donors (Lipinski definition) is 3. The molecule has 0 amide bonds. The van der Waals surface area contributed by atoms with Crippen molar-refractivity contribution < 1.29 is 57.7 Å². The number of para-hydroxylation sites is 2. The molecule has 4 aliphatic heterocycles. The average Bonchev–Trinajstić information content (AvgIpc) is 3.18. The third-order valence-corrected chi connectivity index (χ3v) is 13.8. The Morgan fingerprint density at radius 2 is 1.55 bits per heavy atom. The van der Waals surface area contributed by atoms with Crippen molar-refractivity contribution in [1.29, 1.82) is 0 Å². The molecular weight excluding hydrogens is 748 g/mol. The van der Waals surface area contributed by atoms with Gasteiger partial charge >= 0.3 is 5.97 Å². The Kier molecular flexibility index (Phi) is 14.7. The number of fused-ring (bicyclic) bond motifs is 2. The van der Waals surface area contributed by atoms with Crippen molar-refractivity contribution in [2.24, 2.45) is 23.7 Å². The van der Waals surface area contributed by atoms with E-state index in [1.54, 1.807) is 27.9 Å². The lowest BCUT2D eigenvalue weighted by atomic mass is 9.72. The van der Waals surface area contributed by atoms with Gasteiger partial charge in [0.05, 0.1) is 53.3 Å². The number of likely N-dealkylation sites (N-methyl/N-ethyl adjacent to an activating group) is 1. The first-order valence-electron chi connectivity index (χ1n) is 21.2. The van der Waals surface area contributed by atoms with Gasteiger partial charge < -0.3 is 58.3 Å². The maximum Gasteiger partial charge on any atom is 0.311 e. The lowest BCUT2D eigenvalue weighted by molar-refractivity contribution is -0.319. The number of ether oxygens (including phenoxy) is 8. The first-order valence-corrected chi connectivity index (χ1v) is 21.2. The molecule has 3 saturated heterocycles. The molecule has 14 nitrogen and oxygen atoms in total. The van der Waals surface area contributed by atoms with Crippen LogP contribution in [0.5, 0.6) is 5.75 Å². The van der Waals surface area contributed by atoms with Gasteiger partial charge in [-0.15, -0.1) is 0 Å². The Balaban J connectivity index is 1.65. The van der Waals surface area contributed by atoms with Crippen molar-refractivity contribution in [3.05, 3.63) is 24.3 Å². The van der Waals surface area contributed by atoms with E-state index >= 15 is 0 Å². The Labute approximate surface area is 345 Å². The summed E-state index contributed by atoms with van der Waals surface area (Å²) in [6.07, 6.45) is -6.06. The van der Waals surface area contributed by atoms with Gasteiger partial charge in [0.25, 0.3) is 0 Å². The molecule has 0 spiro atoms. The molecule has 0 radical (unpaired) electrons. The van der Waals surface area contributed by atoms with E-state index in [4.69, 9.17) is 37.9 Å². The molecule has 330 valence electrons. The van der Waals surface area contributed by atoms with Gasteiger partial charge in [0.1, 0.15) is 29.8 Å². The molecule has 58 heavy (non-hydrogen) atoms. The highest BCUT2D eigenvalue weighted by Crippen LogP contribution is 2.45. The summed E-state index contributed by atoms with van der Waals surface area (Å²) in [7, 11) is 6.94. The van der Waals surface area contributed by atoms with Crippen LogP contribution in [0, 0.1) is 23.7 Å². The van der Waals surface area contributed by atoms with Crippen LogP contribution < -0.4 is 10.1 Å². The number of cyclic esters (lactones) is 1. The second-order valence-electron chi connectivity index (χ2n) is 18.4. The maximum absolute atomic E-state index is 14.8. The molecule has 3 fully saturated rings. The van der Waals surface area contributed by atoms with Gasteiger partial charge in [0, 0.05) is 44.4 Å². The Morgan fingerprint density at radius 1 is 0.897 bits per heavy atom. The van der Waals surface area contributed by atoms with Gasteiger partial charge in [0.2, 0.25) is 0 Å². The second-order valence-corrected chi connectivity index (χ2v) is 18.4. The van der Waals surface area contributed by atoms with Crippen LogP contribution in [0.4, 0.5) is 5.69 Å². The number of anilines is 1. The number of nitrogens with zero attached hydrogens (tertiary/aromatic N) is 1. The number of ketones is 1. The van der Waals surface area contributed by atoms with E-state index in [9.17, 15) is 19.8 Å². The number of nitrogens with one attached hydrogen (secondary N) is 1. The van der Waals surface area contributed by atoms with E-state index < -0.39 is 102 Å². The van der Waals surface area contributed by atoms with Crippen molar-refractivity contribution in [3.63, 3.8) is 0 Å². The molecule has 1 aromatic rings. The number of aliphatic hydroxyl groups is 2. The van der Waals surface area contributed by atoms with Crippen LogP contribution in [0.25, 0.3) is 0 Å². The first kappa shape index (κ1) is 46.7. The molecule has 0 aromatic heterocycles. The monoisotopic (exact) mass is 821 g/mol. The van der Waals surface area contributed by atoms with E-state index in [1.807, 2.05) is 91.7 Å². The quantitative estimate of drug-likeness (QED) is 0.302. The number of methoxy groups -OCH3 is 2. The number of benzene rings is 1. The number of Topliss-reactive ketones (excluding diaryl/α,β-unsaturated/α-hetero) is 1. The predicted molar refractivity (Wildman–Crippen MR) is 217 cm³/mol. The van der Waals surface area contributed by atoms with Gasteiger partial charge in [-0.3, -0.25) is 9.59 Å². The van der Waals surface area contributed by atoms with E-state index in [0.29, 0.717) is 18.6 Å². The lowest BCUT2D eigenvalue weighted by Gasteiger charge is -2.51. The third-order valence-electron chi connectivity index (χ3n) is 13.8. The zero-order valence-corrected chi connectivity index (χ0v) is 37.2. The smallest absolute Gasteiger partial charge is 0.311 e. The lowest BCUT2D eigenvalue weighted by Crippen LogP contribution is -2.64. The molecule has 3 N–H and O–H groups in total. The average molecular weight is 821 g/mol. The van der Waals surface area contributed by atoms with Gasteiger partial charge in [-0.25, -0.2) is 0 Å².